The summed E-state index contributed by atoms with van der Waals surface area (Å²) in [4.78, 5) is 2.47. The molecule has 2 fully saturated rings. The molecule has 1 aromatic carbocycles. The molecule has 3 heterocycles. The van der Waals surface area contributed by atoms with Crippen molar-refractivity contribution in [3.8, 4) is 0 Å². The van der Waals surface area contributed by atoms with Gasteiger partial charge in [-0.1, -0.05) is 41.9 Å². The molecule has 0 spiro atoms. The summed E-state index contributed by atoms with van der Waals surface area (Å²) in [6, 6.07) is 10.3. The first-order valence-electron chi connectivity index (χ1n) is 9.42. The van der Waals surface area contributed by atoms with E-state index < -0.39 is 0 Å². The van der Waals surface area contributed by atoms with Gasteiger partial charge in [0.2, 0.25) is 0 Å². The zero-order chi connectivity index (χ0) is 17.9. The zero-order valence-corrected chi connectivity index (χ0v) is 16.0. The molecule has 2 aromatic rings. The molecule has 1 aromatic heterocycles. The molecular formula is C20H26ClN3O2. The molecule has 0 aliphatic carbocycles. The van der Waals surface area contributed by atoms with E-state index in [0.717, 1.165) is 62.1 Å². The number of hydrogen-bond donors (Lipinski definition) is 0. The minimum absolute atomic E-state index is 0.0103. The fraction of sp³-hybridized carbons (Fsp3) is 0.550. The third-order valence-corrected chi connectivity index (χ3v) is 5.83. The van der Waals surface area contributed by atoms with Crippen molar-refractivity contribution in [3.63, 3.8) is 0 Å². The first-order chi connectivity index (χ1) is 12.7. The third-order valence-electron chi connectivity index (χ3n) is 5.40. The predicted octanol–water partition coefficient (Wildman–Crippen LogP) is 3.48. The number of ether oxygens (including phenoxy) is 2. The second kappa shape index (κ2) is 8.09. The van der Waals surface area contributed by atoms with Gasteiger partial charge in [-0.15, -0.1) is 0 Å². The first kappa shape index (κ1) is 18.0. The van der Waals surface area contributed by atoms with Crippen LogP contribution in [0.15, 0.2) is 30.3 Å². The molecule has 140 valence electrons. The molecule has 0 bridgehead atoms. The van der Waals surface area contributed by atoms with Gasteiger partial charge in [-0.25, -0.2) is 4.68 Å². The van der Waals surface area contributed by atoms with E-state index in [-0.39, 0.29) is 6.29 Å². The monoisotopic (exact) mass is 375 g/mol. The molecule has 5 nitrogen and oxygen atoms in total. The van der Waals surface area contributed by atoms with Crippen molar-refractivity contribution in [2.45, 2.75) is 39.1 Å². The molecule has 6 heteroatoms. The highest BCUT2D eigenvalue weighted by Gasteiger charge is 2.31. The van der Waals surface area contributed by atoms with E-state index in [9.17, 15) is 0 Å². The first-order valence-corrected chi connectivity index (χ1v) is 9.80. The molecular weight excluding hydrogens is 350 g/mol. The Balaban J connectivity index is 1.38. The molecule has 26 heavy (non-hydrogen) atoms. The lowest BCUT2D eigenvalue weighted by Crippen LogP contribution is -2.37. The fourth-order valence-electron chi connectivity index (χ4n) is 3.89. The summed E-state index contributed by atoms with van der Waals surface area (Å²) in [6.07, 6.45) is 2.23. The minimum Gasteiger partial charge on any atom is -0.350 e. The maximum atomic E-state index is 6.66. The maximum absolute atomic E-state index is 6.66. The average molecular weight is 376 g/mol. The smallest absolute Gasteiger partial charge is 0.160 e. The van der Waals surface area contributed by atoms with Crippen molar-refractivity contribution < 1.29 is 9.47 Å². The third kappa shape index (κ3) is 3.96. The lowest BCUT2D eigenvalue weighted by molar-refractivity contribution is -0.0978. The van der Waals surface area contributed by atoms with Crippen molar-refractivity contribution >= 4 is 11.6 Å². The van der Waals surface area contributed by atoms with Crippen LogP contribution in [0.5, 0.6) is 0 Å². The van der Waals surface area contributed by atoms with E-state index in [1.54, 1.807) is 0 Å². The Bertz CT molecular complexity index is 720. The van der Waals surface area contributed by atoms with Crippen molar-refractivity contribution in [1.82, 2.24) is 14.7 Å². The van der Waals surface area contributed by atoms with E-state index in [4.69, 9.17) is 21.1 Å². The van der Waals surface area contributed by atoms with E-state index in [2.05, 4.69) is 29.1 Å². The number of piperidine rings is 1. The maximum Gasteiger partial charge on any atom is 0.160 e. The second-order valence-corrected chi connectivity index (χ2v) is 7.58. The summed E-state index contributed by atoms with van der Waals surface area (Å²) in [5.41, 5.74) is 3.38. The Morgan fingerprint density at radius 1 is 1.08 bits per heavy atom. The van der Waals surface area contributed by atoms with Crippen LogP contribution in [-0.4, -0.2) is 47.3 Å². The molecule has 2 aliphatic rings. The summed E-state index contributed by atoms with van der Waals surface area (Å²) in [7, 11) is 0. The average Bonchev–Trinajstić information content (AvgIpc) is 3.28. The van der Waals surface area contributed by atoms with Crippen molar-refractivity contribution in [2.24, 2.45) is 5.92 Å². The van der Waals surface area contributed by atoms with Crippen LogP contribution in [0.4, 0.5) is 0 Å². The molecule has 0 unspecified atom stereocenters. The molecule has 0 N–H and O–H groups in total. The predicted molar refractivity (Wildman–Crippen MR) is 101 cm³/mol. The van der Waals surface area contributed by atoms with Gasteiger partial charge in [0.05, 0.1) is 25.5 Å². The lowest BCUT2D eigenvalue weighted by Gasteiger charge is -2.33. The Morgan fingerprint density at radius 3 is 2.46 bits per heavy atom. The second-order valence-electron chi connectivity index (χ2n) is 7.22. The topological polar surface area (TPSA) is 39.5 Å². The number of aromatic nitrogens is 2. The SMILES string of the molecule is Cc1nn(Cc2ccccc2)c(Cl)c1CN1CCC(C2OCCO2)CC1. The van der Waals surface area contributed by atoms with Gasteiger partial charge in [-0.2, -0.15) is 5.10 Å². The van der Waals surface area contributed by atoms with Gasteiger partial charge < -0.3 is 9.47 Å². The summed E-state index contributed by atoms with van der Waals surface area (Å²) < 4.78 is 13.2. The Hall–Kier alpha value is -1.40. The van der Waals surface area contributed by atoms with E-state index in [1.165, 1.54) is 5.56 Å². The number of hydrogen-bond acceptors (Lipinski definition) is 4. The summed E-state index contributed by atoms with van der Waals surface area (Å²) in [5.74, 6) is 0.520. The standard InChI is InChI=1S/C20H26ClN3O2/c1-15-18(19(21)24(22-15)13-16-5-3-2-4-6-16)14-23-9-7-17(8-10-23)20-25-11-12-26-20/h2-6,17,20H,7-14H2,1H3. The number of likely N-dealkylation sites (tertiary alicyclic amines) is 1. The Morgan fingerprint density at radius 2 is 1.77 bits per heavy atom. The van der Waals surface area contributed by atoms with Crippen molar-refractivity contribution in [2.75, 3.05) is 26.3 Å². The van der Waals surface area contributed by atoms with E-state index in [0.29, 0.717) is 12.5 Å². The summed E-state index contributed by atoms with van der Waals surface area (Å²) >= 11 is 6.66. The van der Waals surface area contributed by atoms with Gasteiger partial charge in [0.25, 0.3) is 0 Å². The normalized spacial score (nSPS) is 20.1. The number of halogens is 1. The van der Waals surface area contributed by atoms with Crippen molar-refractivity contribution in [3.05, 3.63) is 52.3 Å². The van der Waals surface area contributed by atoms with Gasteiger partial charge in [-0.05, 0) is 38.4 Å². The minimum atomic E-state index is 0.0103. The molecule has 0 atom stereocenters. The molecule has 0 amide bonds. The molecule has 4 rings (SSSR count). The van der Waals surface area contributed by atoms with Crippen LogP contribution in [-0.2, 0) is 22.6 Å². The Kier molecular flexibility index (Phi) is 5.60. The van der Waals surface area contributed by atoms with Crippen LogP contribution in [0.3, 0.4) is 0 Å². The Labute approximate surface area is 159 Å². The van der Waals surface area contributed by atoms with E-state index >= 15 is 0 Å². The van der Waals surface area contributed by atoms with Crippen LogP contribution in [0.1, 0.15) is 29.7 Å². The molecule has 2 saturated heterocycles. The van der Waals surface area contributed by atoms with Gasteiger partial charge in [0, 0.05) is 18.0 Å². The summed E-state index contributed by atoms with van der Waals surface area (Å²) in [5, 5.41) is 5.43. The molecule has 2 aliphatic heterocycles. The van der Waals surface area contributed by atoms with Crippen molar-refractivity contribution in [1.29, 1.82) is 0 Å². The van der Waals surface area contributed by atoms with Crippen LogP contribution >= 0.6 is 11.6 Å². The molecule has 0 radical (unpaired) electrons. The molecule has 0 saturated carbocycles. The van der Waals surface area contributed by atoms with Crippen LogP contribution in [0, 0.1) is 12.8 Å². The number of nitrogens with zero attached hydrogens (tertiary/aromatic N) is 3. The largest absolute Gasteiger partial charge is 0.350 e. The number of benzene rings is 1. The van der Waals surface area contributed by atoms with Crippen LogP contribution < -0.4 is 0 Å². The highest BCUT2D eigenvalue weighted by molar-refractivity contribution is 6.30. The van der Waals surface area contributed by atoms with Crippen LogP contribution in [0.2, 0.25) is 5.15 Å². The highest BCUT2D eigenvalue weighted by atomic mass is 35.5. The summed E-state index contributed by atoms with van der Waals surface area (Å²) in [6.45, 7) is 7.19. The van der Waals surface area contributed by atoms with Crippen LogP contribution in [0.25, 0.3) is 0 Å². The fourth-order valence-corrected chi connectivity index (χ4v) is 4.18. The number of aryl methyl sites for hydroxylation is 1. The van der Waals surface area contributed by atoms with Gasteiger partial charge in [0.15, 0.2) is 6.29 Å². The van der Waals surface area contributed by atoms with E-state index in [1.807, 2.05) is 22.9 Å². The van der Waals surface area contributed by atoms with Gasteiger partial charge >= 0.3 is 0 Å². The quantitative estimate of drug-likeness (QED) is 0.802. The zero-order valence-electron chi connectivity index (χ0n) is 15.2. The highest BCUT2D eigenvalue weighted by Crippen LogP contribution is 2.28. The van der Waals surface area contributed by atoms with Gasteiger partial charge in [-0.3, -0.25) is 4.90 Å². The van der Waals surface area contributed by atoms with Gasteiger partial charge in [0.1, 0.15) is 5.15 Å². The number of rotatable bonds is 5. The lowest BCUT2D eigenvalue weighted by atomic mass is 9.96.